The minimum atomic E-state index is 0.127. The quantitative estimate of drug-likeness (QED) is 0.499. The lowest BCUT2D eigenvalue weighted by Crippen LogP contribution is -2.34. The second kappa shape index (κ2) is 5.12. The molecule has 0 aliphatic carbocycles. The molecule has 1 amide bonds. The summed E-state index contributed by atoms with van der Waals surface area (Å²) >= 11 is 1.55. The SMILES string of the molecule is C=C1CCN(C(=O)/C=C/SC)CC1. The van der Waals surface area contributed by atoms with E-state index in [0.717, 1.165) is 25.9 Å². The Morgan fingerprint density at radius 2 is 2.15 bits per heavy atom. The maximum absolute atomic E-state index is 11.5. The van der Waals surface area contributed by atoms with E-state index in [-0.39, 0.29) is 5.91 Å². The van der Waals surface area contributed by atoms with E-state index < -0.39 is 0 Å². The van der Waals surface area contributed by atoms with Gasteiger partial charge >= 0.3 is 0 Å². The predicted molar refractivity (Wildman–Crippen MR) is 57.6 cm³/mol. The molecule has 0 radical (unpaired) electrons. The van der Waals surface area contributed by atoms with Crippen LogP contribution in [0, 0.1) is 0 Å². The highest BCUT2D eigenvalue weighted by Gasteiger charge is 2.15. The van der Waals surface area contributed by atoms with Crippen LogP contribution in [0.2, 0.25) is 0 Å². The Morgan fingerprint density at radius 1 is 1.54 bits per heavy atom. The molecule has 0 aromatic rings. The minimum absolute atomic E-state index is 0.127. The van der Waals surface area contributed by atoms with Crippen LogP contribution in [0.1, 0.15) is 12.8 Å². The van der Waals surface area contributed by atoms with Crippen LogP contribution in [0.25, 0.3) is 0 Å². The molecule has 1 heterocycles. The zero-order valence-corrected chi connectivity index (χ0v) is 8.77. The summed E-state index contributed by atoms with van der Waals surface area (Å²) in [5, 5.41) is 1.83. The number of carbonyl (C=O) groups excluding carboxylic acids is 1. The topological polar surface area (TPSA) is 20.3 Å². The fourth-order valence-electron chi connectivity index (χ4n) is 1.27. The van der Waals surface area contributed by atoms with E-state index in [2.05, 4.69) is 6.58 Å². The summed E-state index contributed by atoms with van der Waals surface area (Å²) in [4.78, 5) is 13.3. The van der Waals surface area contributed by atoms with Gasteiger partial charge in [-0.1, -0.05) is 12.2 Å². The van der Waals surface area contributed by atoms with Gasteiger partial charge in [-0.25, -0.2) is 0 Å². The van der Waals surface area contributed by atoms with Crippen molar-refractivity contribution < 1.29 is 4.79 Å². The van der Waals surface area contributed by atoms with Gasteiger partial charge in [0.2, 0.25) is 5.91 Å². The molecular weight excluding hydrogens is 182 g/mol. The standard InChI is InChI=1S/C10H15NOS/c1-9-3-6-11(7-4-9)10(12)5-8-13-2/h5,8H,1,3-4,6-7H2,2H3/b8-5+. The molecule has 0 aromatic carbocycles. The van der Waals surface area contributed by atoms with Gasteiger partial charge in [-0.05, 0) is 24.5 Å². The number of carbonyl (C=O) groups is 1. The predicted octanol–water partition coefficient (Wildman–Crippen LogP) is 2.04. The van der Waals surface area contributed by atoms with Crippen LogP contribution in [-0.4, -0.2) is 30.2 Å². The molecule has 0 N–H and O–H groups in total. The maximum Gasteiger partial charge on any atom is 0.247 e. The molecular formula is C10H15NOS. The van der Waals surface area contributed by atoms with Crippen LogP contribution < -0.4 is 0 Å². The summed E-state index contributed by atoms with van der Waals surface area (Å²) in [6, 6.07) is 0. The molecule has 1 aliphatic heterocycles. The molecule has 13 heavy (non-hydrogen) atoms. The first-order valence-electron chi connectivity index (χ1n) is 4.39. The van der Waals surface area contributed by atoms with Crippen molar-refractivity contribution in [2.45, 2.75) is 12.8 Å². The first-order valence-corrected chi connectivity index (χ1v) is 5.67. The second-order valence-corrected chi connectivity index (χ2v) is 3.86. The molecule has 72 valence electrons. The van der Waals surface area contributed by atoms with Crippen molar-refractivity contribution >= 4 is 17.7 Å². The Balaban J connectivity index is 2.40. The summed E-state index contributed by atoms with van der Waals surface area (Å²) in [7, 11) is 0. The van der Waals surface area contributed by atoms with Crippen LogP contribution in [0.5, 0.6) is 0 Å². The largest absolute Gasteiger partial charge is 0.339 e. The van der Waals surface area contributed by atoms with Crippen molar-refractivity contribution in [3.05, 3.63) is 23.6 Å². The number of amides is 1. The lowest BCUT2D eigenvalue weighted by atomic mass is 10.1. The van der Waals surface area contributed by atoms with Gasteiger partial charge in [0.25, 0.3) is 0 Å². The fourth-order valence-corrected chi connectivity index (χ4v) is 1.53. The van der Waals surface area contributed by atoms with E-state index in [1.54, 1.807) is 17.8 Å². The van der Waals surface area contributed by atoms with Gasteiger partial charge in [0.1, 0.15) is 0 Å². The van der Waals surface area contributed by atoms with Gasteiger partial charge in [0.15, 0.2) is 0 Å². The van der Waals surface area contributed by atoms with E-state index in [9.17, 15) is 4.79 Å². The Hall–Kier alpha value is -0.700. The van der Waals surface area contributed by atoms with Crippen molar-refractivity contribution in [3.63, 3.8) is 0 Å². The van der Waals surface area contributed by atoms with Crippen LogP contribution >= 0.6 is 11.8 Å². The lowest BCUT2D eigenvalue weighted by molar-refractivity contribution is -0.126. The summed E-state index contributed by atoms with van der Waals surface area (Å²) in [5.74, 6) is 0.127. The van der Waals surface area contributed by atoms with Gasteiger partial charge in [-0.2, -0.15) is 0 Å². The third-order valence-corrected chi connectivity index (χ3v) is 2.54. The third-order valence-electron chi connectivity index (χ3n) is 2.13. The molecule has 0 bridgehead atoms. The van der Waals surface area contributed by atoms with Gasteiger partial charge in [-0.15, -0.1) is 11.8 Å². The molecule has 0 aromatic heterocycles. The zero-order chi connectivity index (χ0) is 9.68. The third kappa shape index (κ3) is 3.27. The van der Waals surface area contributed by atoms with Crippen molar-refractivity contribution in [1.82, 2.24) is 4.90 Å². The molecule has 0 spiro atoms. The number of nitrogens with zero attached hydrogens (tertiary/aromatic N) is 1. The Kier molecular flexibility index (Phi) is 4.09. The van der Waals surface area contributed by atoms with E-state index in [4.69, 9.17) is 0 Å². The molecule has 2 nitrogen and oxygen atoms in total. The summed E-state index contributed by atoms with van der Waals surface area (Å²) < 4.78 is 0. The average molecular weight is 197 g/mol. The molecule has 0 saturated carbocycles. The molecule has 1 aliphatic rings. The molecule has 0 unspecified atom stereocenters. The highest BCUT2D eigenvalue weighted by molar-refractivity contribution is 8.01. The summed E-state index contributed by atoms with van der Waals surface area (Å²) in [6.07, 6.45) is 5.50. The monoisotopic (exact) mass is 197 g/mol. The van der Waals surface area contributed by atoms with Gasteiger partial charge in [0.05, 0.1) is 0 Å². The van der Waals surface area contributed by atoms with E-state index >= 15 is 0 Å². The molecule has 3 heteroatoms. The normalized spacial score (nSPS) is 18.2. The van der Waals surface area contributed by atoms with E-state index in [1.807, 2.05) is 16.6 Å². The maximum atomic E-state index is 11.5. The number of piperidine rings is 1. The highest BCUT2D eigenvalue weighted by Crippen LogP contribution is 2.14. The second-order valence-electron chi connectivity index (χ2n) is 3.11. The molecule has 1 saturated heterocycles. The first kappa shape index (κ1) is 10.4. The highest BCUT2D eigenvalue weighted by atomic mass is 32.2. The Bertz CT molecular complexity index is 225. The summed E-state index contributed by atoms with van der Waals surface area (Å²) in [5.41, 5.74) is 1.26. The Morgan fingerprint density at radius 3 is 2.69 bits per heavy atom. The van der Waals surface area contributed by atoms with E-state index in [1.165, 1.54) is 5.57 Å². The first-order chi connectivity index (χ1) is 6.24. The van der Waals surface area contributed by atoms with Crippen molar-refractivity contribution in [2.75, 3.05) is 19.3 Å². The summed E-state index contributed by atoms with van der Waals surface area (Å²) in [6.45, 7) is 5.57. The fraction of sp³-hybridized carbons (Fsp3) is 0.500. The Labute approximate surface area is 83.7 Å². The van der Waals surface area contributed by atoms with Crippen molar-refractivity contribution in [3.8, 4) is 0 Å². The van der Waals surface area contributed by atoms with Crippen LogP contribution in [0.4, 0.5) is 0 Å². The van der Waals surface area contributed by atoms with Crippen LogP contribution in [-0.2, 0) is 4.79 Å². The smallest absolute Gasteiger partial charge is 0.247 e. The number of rotatable bonds is 2. The number of hydrogen-bond acceptors (Lipinski definition) is 2. The number of thioether (sulfide) groups is 1. The number of likely N-dealkylation sites (tertiary alicyclic amines) is 1. The lowest BCUT2D eigenvalue weighted by Gasteiger charge is -2.26. The van der Waals surface area contributed by atoms with Crippen LogP contribution in [0.3, 0.4) is 0 Å². The number of hydrogen-bond donors (Lipinski definition) is 0. The van der Waals surface area contributed by atoms with E-state index in [0.29, 0.717) is 0 Å². The molecule has 0 atom stereocenters. The van der Waals surface area contributed by atoms with Gasteiger partial charge in [-0.3, -0.25) is 4.79 Å². The van der Waals surface area contributed by atoms with Gasteiger partial charge in [0, 0.05) is 19.2 Å². The van der Waals surface area contributed by atoms with Crippen molar-refractivity contribution in [1.29, 1.82) is 0 Å². The van der Waals surface area contributed by atoms with Crippen LogP contribution in [0.15, 0.2) is 23.6 Å². The average Bonchev–Trinajstić information content (AvgIpc) is 2.15. The van der Waals surface area contributed by atoms with Crippen molar-refractivity contribution in [2.24, 2.45) is 0 Å². The van der Waals surface area contributed by atoms with Gasteiger partial charge < -0.3 is 4.90 Å². The minimum Gasteiger partial charge on any atom is -0.339 e. The molecule has 1 fully saturated rings. The zero-order valence-electron chi connectivity index (χ0n) is 7.95. The molecule has 1 rings (SSSR count).